The number of benzene rings is 1. The first kappa shape index (κ1) is 16.1. The van der Waals surface area contributed by atoms with E-state index >= 15 is 0 Å². The molecule has 2 heterocycles. The molecule has 0 saturated carbocycles. The molecule has 1 saturated heterocycles. The highest BCUT2D eigenvalue weighted by Gasteiger charge is 2.35. The molecule has 0 spiro atoms. The van der Waals surface area contributed by atoms with Crippen LogP contribution in [0.2, 0.25) is 0 Å². The Morgan fingerprint density at radius 2 is 2.29 bits per heavy atom. The van der Waals surface area contributed by atoms with Gasteiger partial charge < -0.3 is 10.2 Å². The normalized spacial score (nSPS) is 17.1. The number of nitrogens with zero attached hydrogens (tertiary/aromatic N) is 3. The van der Waals surface area contributed by atoms with E-state index in [1.54, 1.807) is 4.90 Å². The Labute approximate surface area is 141 Å². The lowest BCUT2D eigenvalue weighted by molar-refractivity contribution is -0.380. The van der Waals surface area contributed by atoms with Crippen LogP contribution in [0.3, 0.4) is 0 Å². The lowest BCUT2D eigenvalue weighted by Gasteiger charge is -2.17. The van der Waals surface area contributed by atoms with Crippen LogP contribution >= 0.6 is 11.3 Å². The van der Waals surface area contributed by atoms with E-state index in [4.69, 9.17) is 0 Å². The number of aromatic nitrogens is 1. The summed E-state index contributed by atoms with van der Waals surface area (Å²) in [6.45, 7) is 2.21. The second-order valence-corrected chi connectivity index (χ2v) is 6.50. The molecule has 9 heteroatoms. The lowest BCUT2D eigenvalue weighted by Crippen LogP contribution is -2.28. The van der Waals surface area contributed by atoms with Crippen molar-refractivity contribution in [3.8, 4) is 0 Å². The van der Waals surface area contributed by atoms with Crippen molar-refractivity contribution in [1.29, 1.82) is 0 Å². The summed E-state index contributed by atoms with van der Waals surface area (Å²) in [6, 6.07) is 7.52. The third-order valence-corrected chi connectivity index (χ3v) is 4.58. The summed E-state index contributed by atoms with van der Waals surface area (Å²) in [5, 5.41) is 13.2. The fourth-order valence-electron chi connectivity index (χ4n) is 2.54. The van der Waals surface area contributed by atoms with Gasteiger partial charge in [0, 0.05) is 18.7 Å². The molecule has 1 aromatic carbocycles. The van der Waals surface area contributed by atoms with Gasteiger partial charge in [-0.05, 0) is 36.0 Å². The minimum absolute atomic E-state index is 0.104. The number of aryl methyl sites for hydroxylation is 1. The largest absolute Gasteiger partial charge is 0.345 e. The van der Waals surface area contributed by atoms with E-state index in [2.05, 4.69) is 10.3 Å². The van der Waals surface area contributed by atoms with Gasteiger partial charge in [0.1, 0.15) is 6.20 Å². The molecule has 8 nitrogen and oxygen atoms in total. The highest BCUT2D eigenvalue weighted by atomic mass is 32.1. The Balaban J connectivity index is 1.68. The van der Waals surface area contributed by atoms with Crippen molar-refractivity contribution < 1.29 is 14.5 Å². The lowest BCUT2D eigenvalue weighted by atomic mass is 10.1. The third-order valence-electron chi connectivity index (χ3n) is 3.71. The Morgan fingerprint density at radius 1 is 1.50 bits per heavy atom. The SMILES string of the molecule is Cc1cccc(N2CC(C(=O)Nc3ncc([N+](=O)[O-])s3)CC2=O)c1. The molecule has 1 aliphatic heterocycles. The Bertz CT molecular complexity index is 819. The van der Waals surface area contributed by atoms with E-state index in [9.17, 15) is 19.7 Å². The summed E-state index contributed by atoms with van der Waals surface area (Å²) < 4.78 is 0. The zero-order valence-corrected chi connectivity index (χ0v) is 13.6. The van der Waals surface area contributed by atoms with Crippen LogP contribution in [0.5, 0.6) is 0 Å². The number of hydrogen-bond donors (Lipinski definition) is 1. The average Bonchev–Trinajstić information content (AvgIpc) is 3.14. The molecule has 0 bridgehead atoms. The van der Waals surface area contributed by atoms with Crippen LogP contribution in [0.1, 0.15) is 12.0 Å². The molecule has 0 radical (unpaired) electrons. The number of carbonyl (C=O) groups is 2. The minimum atomic E-state index is -0.564. The monoisotopic (exact) mass is 346 g/mol. The molecule has 2 amide bonds. The van der Waals surface area contributed by atoms with Crippen molar-refractivity contribution in [3.05, 3.63) is 46.1 Å². The summed E-state index contributed by atoms with van der Waals surface area (Å²) in [5.74, 6) is -0.991. The third kappa shape index (κ3) is 3.25. The molecule has 2 aromatic rings. The van der Waals surface area contributed by atoms with Crippen LogP contribution in [-0.4, -0.2) is 28.3 Å². The molecule has 1 aliphatic rings. The second kappa shape index (κ2) is 6.36. The number of nitrogens with one attached hydrogen (secondary N) is 1. The number of carbonyl (C=O) groups excluding carboxylic acids is 2. The quantitative estimate of drug-likeness (QED) is 0.676. The molecule has 1 N–H and O–H groups in total. The van der Waals surface area contributed by atoms with Gasteiger partial charge in [-0.1, -0.05) is 12.1 Å². The fraction of sp³-hybridized carbons (Fsp3) is 0.267. The summed E-state index contributed by atoms with van der Waals surface area (Å²) in [4.78, 5) is 39.9. The van der Waals surface area contributed by atoms with Crippen LogP contribution in [-0.2, 0) is 9.59 Å². The van der Waals surface area contributed by atoms with Crippen LogP contribution in [0.4, 0.5) is 15.8 Å². The van der Waals surface area contributed by atoms with E-state index in [0.717, 1.165) is 28.8 Å². The molecule has 1 fully saturated rings. The summed E-state index contributed by atoms with van der Waals surface area (Å²) in [6.07, 6.45) is 1.20. The van der Waals surface area contributed by atoms with Crippen molar-refractivity contribution >= 4 is 39.0 Å². The van der Waals surface area contributed by atoms with Gasteiger partial charge in [-0.2, -0.15) is 0 Å². The first-order chi connectivity index (χ1) is 11.4. The molecule has 124 valence electrons. The Kier molecular flexibility index (Phi) is 4.26. The van der Waals surface area contributed by atoms with E-state index in [0.29, 0.717) is 0 Å². The molecule has 0 aliphatic carbocycles. The van der Waals surface area contributed by atoms with Gasteiger partial charge in [0.15, 0.2) is 5.13 Å². The van der Waals surface area contributed by atoms with Crippen LogP contribution in [0, 0.1) is 23.0 Å². The number of anilines is 2. The highest BCUT2D eigenvalue weighted by Crippen LogP contribution is 2.29. The second-order valence-electron chi connectivity index (χ2n) is 5.49. The maximum Gasteiger partial charge on any atom is 0.345 e. The summed E-state index contributed by atoms with van der Waals surface area (Å²) in [5.41, 5.74) is 1.79. The first-order valence-corrected chi connectivity index (χ1v) is 8.04. The van der Waals surface area contributed by atoms with Crippen LogP contribution < -0.4 is 10.2 Å². The van der Waals surface area contributed by atoms with E-state index in [1.165, 1.54) is 0 Å². The smallest absolute Gasteiger partial charge is 0.312 e. The maximum absolute atomic E-state index is 12.3. The van der Waals surface area contributed by atoms with E-state index in [1.807, 2.05) is 31.2 Å². The molecular formula is C15H14N4O4S. The van der Waals surface area contributed by atoms with Gasteiger partial charge in [0.25, 0.3) is 0 Å². The Hall–Kier alpha value is -2.81. The maximum atomic E-state index is 12.3. The first-order valence-electron chi connectivity index (χ1n) is 7.22. The Morgan fingerprint density at radius 3 is 2.96 bits per heavy atom. The van der Waals surface area contributed by atoms with Crippen molar-refractivity contribution in [2.45, 2.75) is 13.3 Å². The number of thiazole rings is 1. The zero-order valence-electron chi connectivity index (χ0n) is 12.8. The fourth-order valence-corrected chi connectivity index (χ4v) is 3.18. The number of nitro groups is 1. The molecular weight excluding hydrogens is 332 g/mol. The van der Waals surface area contributed by atoms with Gasteiger partial charge >= 0.3 is 5.00 Å². The number of hydrogen-bond acceptors (Lipinski definition) is 6. The molecule has 1 unspecified atom stereocenters. The topological polar surface area (TPSA) is 105 Å². The van der Waals surface area contributed by atoms with Gasteiger partial charge in [-0.3, -0.25) is 19.7 Å². The van der Waals surface area contributed by atoms with E-state index in [-0.39, 0.29) is 34.9 Å². The van der Waals surface area contributed by atoms with Crippen molar-refractivity contribution in [3.63, 3.8) is 0 Å². The van der Waals surface area contributed by atoms with Gasteiger partial charge in [0.05, 0.1) is 10.8 Å². The minimum Gasteiger partial charge on any atom is -0.312 e. The number of rotatable bonds is 4. The molecule has 1 atom stereocenters. The van der Waals surface area contributed by atoms with Crippen molar-refractivity contribution in [1.82, 2.24) is 4.98 Å². The zero-order chi connectivity index (χ0) is 17.3. The standard InChI is InChI=1S/C15H14N4O4S/c1-9-3-2-4-11(5-9)18-8-10(6-12(18)20)14(21)17-15-16-7-13(24-15)19(22)23/h2-5,7,10H,6,8H2,1H3,(H,16,17,21). The predicted molar refractivity (Wildman–Crippen MR) is 89.0 cm³/mol. The summed E-state index contributed by atoms with van der Waals surface area (Å²) in [7, 11) is 0. The predicted octanol–water partition coefficient (Wildman–Crippen LogP) is 2.35. The molecule has 1 aromatic heterocycles. The number of amides is 2. The van der Waals surface area contributed by atoms with Crippen LogP contribution in [0.15, 0.2) is 30.5 Å². The molecule has 3 rings (SSSR count). The molecule has 24 heavy (non-hydrogen) atoms. The van der Waals surface area contributed by atoms with E-state index < -0.39 is 10.8 Å². The van der Waals surface area contributed by atoms with Gasteiger partial charge in [-0.25, -0.2) is 4.98 Å². The van der Waals surface area contributed by atoms with Gasteiger partial charge in [-0.15, -0.1) is 0 Å². The van der Waals surface area contributed by atoms with Gasteiger partial charge in [0.2, 0.25) is 11.8 Å². The highest BCUT2D eigenvalue weighted by molar-refractivity contribution is 7.18. The summed E-state index contributed by atoms with van der Waals surface area (Å²) >= 11 is 0.787. The van der Waals surface area contributed by atoms with Crippen molar-refractivity contribution in [2.24, 2.45) is 5.92 Å². The van der Waals surface area contributed by atoms with Crippen molar-refractivity contribution in [2.75, 3.05) is 16.8 Å². The average molecular weight is 346 g/mol. The van der Waals surface area contributed by atoms with Crippen LogP contribution in [0.25, 0.3) is 0 Å².